The van der Waals surface area contributed by atoms with Gasteiger partial charge in [-0.15, -0.1) is 0 Å². The van der Waals surface area contributed by atoms with Crippen molar-refractivity contribution in [1.82, 2.24) is 10.2 Å². The summed E-state index contributed by atoms with van der Waals surface area (Å²) in [5.74, 6) is -0.164. The second-order valence-electron chi connectivity index (χ2n) is 4.99. The van der Waals surface area contributed by atoms with Gasteiger partial charge >= 0.3 is 5.97 Å². The Morgan fingerprint density at radius 2 is 2.31 bits per heavy atom. The van der Waals surface area contributed by atoms with E-state index in [1.54, 1.807) is 0 Å². The van der Waals surface area contributed by atoms with Crippen molar-refractivity contribution in [3.8, 4) is 0 Å². The molecular weight excluding hydrogens is 204 g/mol. The highest BCUT2D eigenvalue weighted by molar-refractivity contribution is 5.73. The van der Waals surface area contributed by atoms with Gasteiger partial charge in [-0.25, -0.2) is 0 Å². The normalized spacial score (nSPS) is 36.4. The summed E-state index contributed by atoms with van der Waals surface area (Å²) in [5.41, 5.74) is 0. The fourth-order valence-corrected chi connectivity index (χ4v) is 3.19. The van der Waals surface area contributed by atoms with Crippen LogP contribution in [0.3, 0.4) is 0 Å². The predicted octanol–water partition coefficient (Wildman–Crippen LogP) is 0.923. The van der Waals surface area contributed by atoms with E-state index < -0.39 is 5.97 Å². The molecule has 0 bridgehead atoms. The second-order valence-corrected chi connectivity index (χ2v) is 4.99. The molecule has 2 saturated heterocycles. The van der Waals surface area contributed by atoms with Gasteiger partial charge in [-0.3, -0.25) is 4.79 Å². The Morgan fingerprint density at radius 3 is 2.94 bits per heavy atom. The van der Waals surface area contributed by atoms with Crippen molar-refractivity contribution in [3.05, 3.63) is 0 Å². The summed E-state index contributed by atoms with van der Waals surface area (Å²) in [6.07, 6.45) is 4.64. The highest BCUT2D eigenvalue weighted by atomic mass is 16.4. The molecule has 2 aliphatic heterocycles. The molecule has 2 heterocycles. The Balaban J connectivity index is 1.94. The number of likely N-dealkylation sites (tertiary alicyclic amines) is 1. The quantitative estimate of drug-likeness (QED) is 0.751. The minimum Gasteiger partial charge on any atom is -0.480 e. The van der Waals surface area contributed by atoms with Crippen molar-refractivity contribution in [2.24, 2.45) is 5.92 Å². The van der Waals surface area contributed by atoms with Crippen LogP contribution in [0.4, 0.5) is 0 Å². The lowest BCUT2D eigenvalue weighted by Gasteiger charge is -2.38. The number of rotatable bonds is 3. The van der Waals surface area contributed by atoms with Crippen LogP contribution in [0.5, 0.6) is 0 Å². The third kappa shape index (κ3) is 2.38. The molecule has 2 rings (SSSR count). The van der Waals surface area contributed by atoms with Gasteiger partial charge in [0.25, 0.3) is 0 Å². The first-order chi connectivity index (χ1) is 7.72. The first-order valence-electron chi connectivity index (χ1n) is 6.42. The van der Waals surface area contributed by atoms with E-state index in [-0.39, 0.29) is 6.04 Å². The summed E-state index contributed by atoms with van der Waals surface area (Å²) in [7, 11) is 0. The highest BCUT2D eigenvalue weighted by Gasteiger charge is 2.36. The second kappa shape index (κ2) is 5.15. The molecule has 0 amide bonds. The molecule has 4 nitrogen and oxygen atoms in total. The number of nitrogens with one attached hydrogen (secondary N) is 1. The maximum Gasteiger partial charge on any atom is 0.320 e. The van der Waals surface area contributed by atoms with Gasteiger partial charge in [0.05, 0.1) is 0 Å². The smallest absolute Gasteiger partial charge is 0.320 e. The molecule has 3 atom stereocenters. The monoisotopic (exact) mass is 226 g/mol. The summed E-state index contributed by atoms with van der Waals surface area (Å²) >= 11 is 0. The zero-order chi connectivity index (χ0) is 11.5. The fraction of sp³-hybridized carbons (Fsp3) is 0.917. The van der Waals surface area contributed by atoms with Gasteiger partial charge in [0.2, 0.25) is 0 Å². The Hall–Kier alpha value is -0.610. The molecule has 4 heteroatoms. The van der Waals surface area contributed by atoms with E-state index in [1.165, 1.54) is 25.8 Å². The molecule has 16 heavy (non-hydrogen) atoms. The minimum absolute atomic E-state index is 0.314. The Bertz CT molecular complexity index is 257. The number of hydrogen-bond donors (Lipinski definition) is 2. The molecule has 0 radical (unpaired) electrons. The van der Waals surface area contributed by atoms with E-state index in [0.717, 1.165) is 19.5 Å². The first kappa shape index (κ1) is 11.9. The average Bonchev–Trinajstić information content (AvgIpc) is 2.78. The minimum atomic E-state index is -0.693. The number of aliphatic carboxylic acids is 1. The molecule has 2 fully saturated rings. The third-order valence-electron chi connectivity index (χ3n) is 4.08. The van der Waals surface area contributed by atoms with E-state index >= 15 is 0 Å². The number of carboxylic acids is 1. The molecule has 2 N–H and O–H groups in total. The molecule has 0 saturated carbocycles. The van der Waals surface area contributed by atoms with Gasteiger partial charge in [-0.05, 0) is 38.3 Å². The van der Waals surface area contributed by atoms with E-state index in [9.17, 15) is 4.79 Å². The van der Waals surface area contributed by atoms with Gasteiger partial charge in [0.15, 0.2) is 0 Å². The summed E-state index contributed by atoms with van der Waals surface area (Å²) in [6, 6.07) is 0.293. The van der Waals surface area contributed by atoms with Crippen LogP contribution in [-0.2, 0) is 4.79 Å². The zero-order valence-corrected chi connectivity index (χ0v) is 9.98. The van der Waals surface area contributed by atoms with Crippen molar-refractivity contribution in [3.63, 3.8) is 0 Å². The number of hydrogen-bond acceptors (Lipinski definition) is 3. The summed E-state index contributed by atoms with van der Waals surface area (Å²) in [6.45, 7) is 5.36. The lowest BCUT2D eigenvalue weighted by atomic mass is 9.88. The average molecular weight is 226 g/mol. The van der Waals surface area contributed by atoms with Gasteiger partial charge in [0.1, 0.15) is 6.04 Å². The van der Waals surface area contributed by atoms with Crippen molar-refractivity contribution < 1.29 is 9.90 Å². The molecular formula is C12H22N2O2. The highest BCUT2D eigenvalue weighted by Crippen LogP contribution is 2.28. The van der Waals surface area contributed by atoms with Gasteiger partial charge in [0, 0.05) is 12.6 Å². The maximum absolute atomic E-state index is 10.9. The van der Waals surface area contributed by atoms with Crippen LogP contribution >= 0.6 is 0 Å². The largest absolute Gasteiger partial charge is 0.480 e. The van der Waals surface area contributed by atoms with E-state index in [1.807, 2.05) is 0 Å². The van der Waals surface area contributed by atoms with Crippen LogP contribution in [-0.4, -0.2) is 47.7 Å². The zero-order valence-electron chi connectivity index (χ0n) is 9.98. The SMILES string of the molecule is CCN1CCCCC1C1CNC(C(=O)O)C1. The molecule has 0 aromatic carbocycles. The number of nitrogens with zero attached hydrogens (tertiary/aromatic N) is 1. The van der Waals surface area contributed by atoms with Crippen LogP contribution in [0, 0.1) is 5.92 Å². The summed E-state index contributed by atoms with van der Waals surface area (Å²) in [4.78, 5) is 13.4. The lowest BCUT2D eigenvalue weighted by Crippen LogP contribution is -2.44. The molecule has 92 valence electrons. The van der Waals surface area contributed by atoms with Crippen LogP contribution < -0.4 is 5.32 Å². The third-order valence-corrected chi connectivity index (χ3v) is 4.08. The van der Waals surface area contributed by atoms with Crippen LogP contribution in [0.2, 0.25) is 0 Å². The number of piperidine rings is 1. The van der Waals surface area contributed by atoms with Crippen LogP contribution in [0.15, 0.2) is 0 Å². The molecule has 0 aromatic heterocycles. The van der Waals surface area contributed by atoms with Gasteiger partial charge in [-0.1, -0.05) is 13.3 Å². The Morgan fingerprint density at radius 1 is 1.50 bits per heavy atom. The molecule has 0 spiro atoms. The molecule has 3 unspecified atom stereocenters. The molecule has 0 aliphatic carbocycles. The van der Waals surface area contributed by atoms with Crippen molar-refractivity contribution in [2.75, 3.05) is 19.6 Å². The summed E-state index contributed by atoms with van der Waals surface area (Å²) in [5, 5.41) is 12.1. The van der Waals surface area contributed by atoms with Gasteiger partial charge in [-0.2, -0.15) is 0 Å². The van der Waals surface area contributed by atoms with Crippen molar-refractivity contribution in [2.45, 2.75) is 44.7 Å². The van der Waals surface area contributed by atoms with Crippen molar-refractivity contribution in [1.29, 1.82) is 0 Å². The predicted molar refractivity (Wildman–Crippen MR) is 62.4 cm³/mol. The first-order valence-corrected chi connectivity index (χ1v) is 6.42. The molecule has 0 aromatic rings. The number of carboxylic acid groups (broad SMARTS) is 1. The van der Waals surface area contributed by atoms with E-state index in [2.05, 4.69) is 17.1 Å². The van der Waals surface area contributed by atoms with Crippen LogP contribution in [0.25, 0.3) is 0 Å². The standard InChI is InChI=1S/C12H22N2O2/c1-2-14-6-4-3-5-11(14)9-7-10(12(15)16)13-8-9/h9-11,13H,2-8H2,1H3,(H,15,16). The summed E-state index contributed by atoms with van der Waals surface area (Å²) < 4.78 is 0. The van der Waals surface area contributed by atoms with E-state index in [0.29, 0.717) is 12.0 Å². The van der Waals surface area contributed by atoms with Gasteiger partial charge < -0.3 is 15.3 Å². The van der Waals surface area contributed by atoms with Crippen molar-refractivity contribution >= 4 is 5.97 Å². The fourth-order valence-electron chi connectivity index (χ4n) is 3.19. The topological polar surface area (TPSA) is 52.6 Å². The van der Waals surface area contributed by atoms with Crippen LogP contribution in [0.1, 0.15) is 32.6 Å². The molecule has 2 aliphatic rings. The number of carbonyl (C=O) groups is 1. The Labute approximate surface area is 97.0 Å². The Kier molecular flexibility index (Phi) is 3.82. The lowest BCUT2D eigenvalue weighted by molar-refractivity contribution is -0.139. The van der Waals surface area contributed by atoms with E-state index in [4.69, 9.17) is 5.11 Å². The maximum atomic E-state index is 10.9.